The van der Waals surface area contributed by atoms with Gasteiger partial charge in [-0.2, -0.15) is 5.10 Å². The number of hydrogen-bond acceptors (Lipinski definition) is 5. The largest absolute Gasteiger partial charge is 0.332 e. The number of fused-ring (bicyclic) bond motifs is 1. The second kappa shape index (κ2) is 5.71. The molecule has 24 heavy (non-hydrogen) atoms. The lowest BCUT2D eigenvalue weighted by molar-refractivity contribution is 0.0621. The van der Waals surface area contributed by atoms with Crippen molar-refractivity contribution >= 4 is 15.7 Å². The Morgan fingerprint density at radius 3 is 2.92 bits per heavy atom. The number of aromatic nitrogens is 2. The lowest BCUT2D eigenvalue weighted by Gasteiger charge is -2.37. The van der Waals surface area contributed by atoms with Crippen molar-refractivity contribution < 1.29 is 13.2 Å². The van der Waals surface area contributed by atoms with Crippen LogP contribution < -0.4 is 5.32 Å². The minimum absolute atomic E-state index is 0.0370. The predicted molar refractivity (Wildman–Crippen MR) is 88.8 cm³/mol. The molecule has 2 aliphatic heterocycles. The van der Waals surface area contributed by atoms with Crippen LogP contribution in [0.5, 0.6) is 0 Å². The molecular weight excluding hydrogens is 328 g/mol. The first-order valence-corrected chi connectivity index (χ1v) is 9.70. The van der Waals surface area contributed by atoms with E-state index >= 15 is 0 Å². The molecule has 4 rings (SSSR count). The summed E-state index contributed by atoms with van der Waals surface area (Å²) in [6, 6.07) is 8.61. The van der Waals surface area contributed by atoms with Gasteiger partial charge in [0.2, 0.25) is 0 Å². The van der Waals surface area contributed by atoms with Crippen molar-refractivity contribution in [1.82, 2.24) is 20.0 Å². The molecule has 0 unspecified atom stereocenters. The fourth-order valence-corrected chi connectivity index (χ4v) is 5.44. The van der Waals surface area contributed by atoms with E-state index in [4.69, 9.17) is 0 Å². The molecule has 0 bridgehead atoms. The van der Waals surface area contributed by atoms with E-state index < -0.39 is 9.84 Å². The van der Waals surface area contributed by atoms with Gasteiger partial charge in [-0.25, -0.2) is 13.1 Å². The van der Waals surface area contributed by atoms with Crippen molar-refractivity contribution in [2.45, 2.75) is 12.1 Å². The summed E-state index contributed by atoms with van der Waals surface area (Å²) in [5, 5.41) is 7.39. The Hall–Kier alpha value is -2.19. The number of amides is 1. The summed E-state index contributed by atoms with van der Waals surface area (Å²) in [5.74, 6) is 0.0157. The van der Waals surface area contributed by atoms with Crippen LogP contribution in [-0.4, -0.2) is 65.7 Å². The van der Waals surface area contributed by atoms with Gasteiger partial charge in [0.1, 0.15) is 0 Å². The summed E-state index contributed by atoms with van der Waals surface area (Å²) in [7, 11) is -3.09. The quantitative estimate of drug-likeness (QED) is 0.833. The molecule has 1 N–H and O–H groups in total. The summed E-state index contributed by atoms with van der Waals surface area (Å²) in [6.45, 7) is 1.13. The first kappa shape index (κ1) is 15.3. The third kappa shape index (κ3) is 2.71. The van der Waals surface area contributed by atoms with Crippen LogP contribution in [0.1, 0.15) is 10.4 Å². The van der Waals surface area contributed by atoms with Crippen molar-refractivity contribution in [2.75, 3.05) is 24.6 Å². The van der Waals surface area contributed by atoms with Crippen molar-refractivity contribution in [3.63, 3.8) is 0 Å². The zero-order valence-corrected chi connectivity index (χ0v) is 13.8. The first-order chi connectivity index (χ1) is 11.5. The molecule has 2 atom stereocenters. The highest BCUT2D eigenvalue weighted by molar-refractivity contribution is 7.91. The second-order valence-electron chi connectivity index (χ2n) is 6.20. The van der Waals surface area contributed by atoms with Crippen molar-refractivity contribution in [3.05, 3.63) is 48.3 Å². The second-order valence-corrected chi connectivity index (χ2v) is 8.36. The molecule has 7 nitrogen and oxygen atoms in total. The Bertz CT molecular complexity index is 863. The summed E-state index contributed by atoms with van der Waals surface area (Å²) in [5.41, 5.74) is 1.35. The highest BCUT2D eigenvalue weighted by Crippen LogP contribution is 2.23. The van der Waals surface area contributed by atoms with Crippen LogP contribution in [-0.2, 0) is 9.84 Å². The van der Waals surface area contributed by atoms with Gasteiger partial charge in [-0.05, 0) is 24.3 Å². The number of rotatable bonds is 2. The molecular formula is C16H18N4O3S. The number of carbonyl (C=O) groups is 1. The zero-order valence-electron chi connectivity index (χ0n) is 13.0. The lowest BCUT2D eigenvalue weighted by Crippen LogP contribution is -2.59. The Morgan fingerprint density at radius 1 is 1.25 bits per heavy atom. The van der Waals surface area contributed by atoms with Gasteiger partial charge in [0, 0.05) is 37.1 Å². The molecule has 2 saturated heterocycles. The Kier molecular flexibility index (Phi) is 3.65. The van der Waals surface area contributed by atoms with Gasteiger partial charge >= 0.3 is 0 Å². The highest BCUT2D eigenvalue weighted by atomic mass is 32.2. The van der Waals surface area contributed by atoms with E-state index in [9.17, 15) is 13.2 Å². The van der Waals surface area contributed by atoms with E-state index in [1.165, 1.54) is 0 Å². The topological polar surface area (TPSA) is 84.3 Å². The fourth-order valence-electron chi connectivity index (χ4n) is 3.49. The van der Waals surface area contributed by atoms with Crippen LogP contribution in [0, 0.1) is 0 Å². The minimum atomic E-state index is -3.09. The van der Waals surface area contributed by atoms with Gasteiger partial charge in [0.25, 0.3) is 5.91 Å². The molecule has 1 aromatic carbocycles. The molecule has 2 fully saturated rings. The number of sulfone groups is 1. The van der Waals surface area contributed by atoms with Crippen LogP contribution >= 0.6 is 0 Å². The molecule has 3 heterocycles. The predicted octanol–water partition coefficient (Wildman–Crippen LogP) is 0.0833. The maximum Gasteiger partial charge on any atom is 0.254 e. The lowest BCUT2D eigenvalue weighted by atomic mass is 10.1. The Morgan fingerprint density at radius 2 is 2.12 bits per heavy atom. The van der Waals surface area contributed by atoms with Crippen LogP contribution in [0.3, 0.4) is 0 Å². The van der Waals surface area contributed by atoms with E-state index in [2.05, 4.69) is 10.4 Å². The van der Waals surface area contributed by atoms with Crippen LogP contribution in [0.25, 0.3) is 5.69 Å². The number of piperazine rings is 1. The van der Waals surface area contributed by atoms with Crippen molar-refractivity contribution in [3.8, 4) is 5.69 Å². The number of nitrogens with zero attached hydrogens (tertiary/aromatic N) is 3. The van der Waals surface area contributed by atoms with Crippen LogP contribution in [0.2, 0.25) is 0 Å². The molecule has 1 aromatic heterocycles. The fraction of sp³-hybridized carbons (Fsp3) is 0.375. The summed E-state index contributed by atoms with van der Waals surface area (Å²) < 4.78 is 25.5. The van der Waals surface area contributed by atoms with Gasteiger partial charge in [-0.1, -0.05) is 6.07 Å². The molecule has 0 radical (unpaired) electrons. The summed E-state index contributed by atoms with van der Waals surface area (Å²) in [4.78, 5) is 14.7. The smallest absolute Gasteiger partial charge is 0.254 e. The van der Waals surface area contributed by atoms with Gasteiger partial charge in [0.15, 0.2) is 9.84 Å². The summed E-state index contributed by atoms with van der Waals surface area (Å²) in [6.07, 6.45) is 3.49. The molecule has 1 amide bonds. The first-order valence-electron chi connectivity index (χ1n) is 7.88. The van der Waals surface area contributed by atoms with Crippen LogP contribution in [0.15, 0.2) is 42.7 Å². The average molecular weight is 346 g/mol. The number of nitrogens with one attached hydrogen (secondary N) is 1. The molecule has 0 spiro atoms. The maximum atomic E-state index is 12.9. The normalized spacial score (nSPS) is 25.4. The van der Waals surface area contributed by atoms with Gasteiger partial charge in [0.05, 0.1) is 23.2 Å². The van der Waals surface area contributed by atoms with Crippen LogP contribution in [0.4, 0.5) is 0 Å². The van der Waals surface area contributed by atoms with E-state index in [0.29, 0.717) is 18.7 Å². The van der Waals surface area contributed by atoms with Gasteiger partial charge in [-0.15, -0.1) is 0 Å². The standard InChI is InChI=1S/C16H18N4O3S/c21-16(12-3-1-4-13(9-12)20-7-2-5-18-20)19-8-6-17-14-10-24(22,23)11-15(14)19/h1-5,7,9,14-15,17H,6,8,10-11H2/t14-,15+/m0/s1. The Labute approximate surface area is 140 Å². The molecule has 126 valence electrons. The van der Waals surface area contributed by atoms with E-state index in [0.717, 1.165) is 5.69 Å². The van der Waals surface area contributed by atoms with Crippen molar-refractivity contribution in [1.29, 1.82) is 0 Å². The third-order valence-electron chi connectivity index (χ3n) is 4.61. The SMILES string of the molecule is O=C(c1cccc(-n2cccn2)c1)N1CCN[C@H]2CS(=O)(=O)C[C@H]21. The molecule has 2 aromatic rings. The monoisotopic (exact) mass is 346 g/mol. The molecule has 0 aliphatic carbocycles. The van der Waals surface area contributed by atoms with E-state index in [1.54, 1.807) is 27.9 Å². The zero-order chi connectivity index (χ0) is 16.7. The number of carbonyl (C=O) groups excluding carboxylic acids is 1. The van der Waals surface area contributed by atoms with Gasteiger partial charge in [-0.3, -0.25) is 4.79 Å². The van der Waals surface area contributed by atoms with Gasteiger partial charge < -0.3 is 10.2 Å². The maximum absolute atomic E-state index is 12.9. The number of hydrogen-bond donors (Lipinski definition) is 1. The number of benzene rings is 1. The van der Waals surface area contributed by atoms with E-state index in [1.807, 2.05) is 24.4 Å². The molecule has 8 heteroatoms. The molecule has 0 saturated carbocycles. The highest BCUT2D eigenvalue weighted by Gasteiger charge is 2.44. The van der Waals surface area contributed by atoms with E-state index in [-0.39, 0.29) is 29.5 Å². The Balaban J connectivity index is 1.63. The average Bonchev–Trinajstić information content (AvgIpc) is 3.19. The van der Waals surface area contributed by atoms with Crippen molar-refractivity contribution in [2.24, 2.45) is 0 Å². The summed E-state index contributed by atoms with van der Waals surface area (Å²) >= 11 is 0. The minimum Gasteiger partial charge on any atom is -0.332 e. The molecule has 2 aliphatic rings. The third-order valence-corrected chi connectivity index (χ3v) is 6.32.